The fraction of sp³-hybridized carbons (Fsp3) is 0.667. The van der Waals surface area contributed by atoms with Gasteiger partial charge in [0, 0.05) is 22.0 Å². The molecule has 0 atom stereocenters. The first-order valence-corrected chi connectivity index (χ1v) is 7.86. The number of benzene rings is 1. The fourth-order valence-electron chi connectivity index (χ4n) is 4.11. The van der Waals surface area contributed by atoms with Crippen molar-refractivity contribution in [1.29, 1.82) is 0 Å². The summed E-state index contributed by atoms with van der Waals surface area (Å²) < 4.78 is 6.17. The molecule has 0 bridgehead atoms. The Hall–Kier alpha value is -0.980. The van der Waals surface area contributed by atoms with E-state index in [0.717, 1.165) is 6.61 Å². The van der Waals surface area contributed by atoms with Crippen molar-refractivity contribution in [3.8, 4) is 5.75 Å². The van der Waals surface area contributed by atoms with Gasteiger partial charge in [0.1, 0.15) is 5.75 Å². The molecule has 0 amide bonds. The number of para-hydroxylation sites is 1. The van der Waals surface area contributed by atoms with Gasteiger partial charge in [-0.2, -0.15) is 0 Å². The van der Waals surface area contributed by atoms with Gasteiger partial charge in [-0.25, -0.2) is 0 Å². The minimum Gasteiger partial charge on any atom is -0.492 e. The van der Waals surface area contributed by atoms with Gasteiger partial charge in [0.25, 0.3) is 0 Å². The summed E-state index contributed by atoms with van der Waals surface area (Å²) in [4.78, 5) is 0. The Kier molecular flexibility index (Phi) is 2.92. The molecule has 1 fully saturated rings. The monoisotopic (exact) mass is 258 g/mol. The van der Waals surface area contributed by atoms with Crippen LogP contribution in [-0.2, 0) is 10.8 Å². The Balaban J connectivity index is 2.13. The summed E-state index contributed by atoms with van der Waals surface area (Å²) in [5, 5.41) is 0. The Morgan fingerprint density at radius 2 is 1.89 bits per heavy atom. The number of rotatable bonds is 4. The molecule has 1 aliphatic heterocycles. The van der Waals surface area contributed by atoms with E-state index in [0.29, 0.717) is 11.3 Å². The van der Waals surface area contributed by atoms with Crippen LogP contribution in [0, 0.1) is 5.92 Å². The molecule has 0 radical (unpaired) electrons. The number of hydrogen-bond donors (Lipinski definition) is 0. The first-order valence-electron chi connectivity index (χ1n) is 7.86. The molecule has 1 heteroatoms. The molecule has 0 N–H and O–H groups in total. The summed E-state index contributed by atoms with van der Waals surface area (Å²) in [6.07, 6.45) is 5.01. The minimum absolute atomic E-state index is 0.270. The highest BCUT2D eigenvalue weighted by molar-refractivity contribution is 5.54. The molecule has 1 aromatic carbocycles. The Labute approximate surface area is 117 Å². The quantitative estimate of drug-likeness (QED) is 0.752. The van der Waals surface area contributed by atoms with E-state index < -0.39 is 0 Å². The van der Waals surface area contributed by atoms with Gasteiger partial charge in [-0.3, -0.25) is 0 Å². The van der Waals surface area contributed by atoms with E-state index in [1.54, 1.807) is 0 Å². The van der Waals surface area contributed by atoms with Crippen molar-refractivity contribution in [3.63, 3.8) is 0 Å². The second kappa shape index (κ2) is 4.26. The predicted molar refractivity (Wildman–Crippen MR) is 79.9 cm³/mol. The number of fused-ring (bicyclic) bond motifs is 2. The lowest BCUT2D eigenvalue weighted by molar-refractivity contribution is 0.262. The predicted octanol–water partition coefficient (Wildman–Crippen LogP) is 4.82. The van der Waals surface area contributed by atoms with E-state index in [4.69, 9.17) is 4.74 Å². The second-order valence-corrected chi connectivity index (χ2v) is 6.77. The van der Waals surface area contributed by atoms with Crippen LogP contribution in [0.5, 0.6) is 5.75 Å². The average molecular weight is 258 g/mol. The number of hydrogen-bond acceptors (Lipinski definition) is 1. The number of ether oxygens (including phenoxy) is 1. The molecule has 2 aliphatic rings. The van der Waals surface area contributed by atoms with Crippen molar-refractivity contribution in [3.05, 3.63) is 29.3 Å². The Morgan fingerprint density at radius 1 is 1.21 bits per heavy atom. The molecule has 1 aliphatic carbocycles. The molecular weight excluding hydrogens is 232 g/mol. The molecule has 1 saturated carbocycles. The molecule has 104 valence electrons. The summed E-state index contributed by atoms with van der Waals surface area (Å²) in [5.74, 6) is 1.88. The van der Waals surface area contributed by atoms with E-state index in [9.17, 15) is 0 Å². The van der Waals surface area contributed by atoms with Crippen molar-refractivity contribution >= 4 is 0 Å². The third kappa shape index (κ3) is 1.67. The third-order valence-corrected chi connectivity index (χ3v) is 5.84. The highest BCUT2D eigenvalue weighted by Crippen LogP contribution is 2.58. The molecule has 1 spiro atoms. The van der Waals surface area contributed by atoms with Crippen molar-refractivity contribution in [2.45, 2.75) is 64.2 Å². The SMILES string of the molecule is CCC(CC)(c1cccc2c1OCC21CC1)C(C)C. The molecule has 1 aromatic rings. The maximum absolute atomic E-state index is 6.17. The lowest BCUT2D eigenvalue weighted by Gasteiger charge is -2.37. The van der Waals surface area contributed by atoms with Gasteiger partial charge < -0.3 is 4.74 Å². The summed E-state index contributed by atoms with van der Waals surface area (Å²) in [6.45, 7) is 10.3. The largest absolute Gasteiger partial charge is 0.492 e. The summed E-state index contributed by atoms with van der Waals surface area (Å²) >= 11 is 0. The maximum atomic E-state index is 6.17. The van der Waals surface area contributed by atoms with Gasteiger partial charge in [0.15, 0.2) is 0 Å². The van der Waals surface area contributed by atoms with Crippen LogP contribution < -0.4 is 4.74 Å². The molecule has 3 rings (SSSR count). The van der Waals surface area contributed by atoms with Gasteiger partial charge >= 0.3 is 0 Å². The second-order valence-electron chi connectivity index (χ2n) is 6.77. The Morgan fingerprint density at radius 3 is 2.42 bits per heavy atom. The van der Waals surface area contributed by atoms with Crippen LogP contribution in [0.2, 0.25) is 0 Å². The van der Waals surface area contributed by atoms with E-state index in [2.05, 4.69) is 45.9 Å². The summed E-state index contributed by atoms with van der Waals surface area (Å²) in [6, 6.07) is 6.87. The lowest BCUT2D eigenvalue weighted by Crippen LogP contribution is -2.31. The van der Waals surface area contributed by atoms with Crippen molar-refractivity contribution in [1.82, 2.24) is 0 Å². The van der Waals surface area contributed by atoms with Crippen molar-refractivity contribution in [2.75, 3.05) is 6.61 Å². The van der Waals surface area contributed by atoms with Crippen LogP contribution in [0.1, 0.15) is 64.5 Å². The van der Waals surface area contributed by atoms with Crippen molar-refractivity contribution < 1.29 is 4.74 Å². The van der Waals surface area contributed by atoms with Crippen LogP contribution >= 0.6 is 0 Å². The average Bonchev–Trinajstić information content (AvgIpc) is 3.09. The molecule has 1 heterocycles. The highest BCUT2D eigenvalue weighted by atomic mass is 16.5. The summed E-state index contributed by atoms with van der Waals surface area (Å²) in [7, 11) is 0. The van der Waals surface area contributed by atoms with Crippen LogP contribution in [0.15, 0.2) is 18.2 Å². The molecule has 0 saturated heterocycles. The lowest BCUT2D eigenvalue weighted by atomic mass is 9.67. The van der Waals surface area contributed by atoms with E-state index >= 15 is 0 Å². The molecule has 1 nitrogen and oxygen atoms in total. The maximum Gasteiger partial charge on any atom is 0.126 e. The smallest absolute Gasteiger partial charge is 0.126 e. The fourth-order valence-corrected chi connectivity index (χ4v) is 4.11. The van der Waals surface area contributed by atoms with Crippen LogP contribution in [0.4, 0.5) is 0 Å². The van der Waals surface area contributed by atoms with Gasteiger partial charge in [-0.15, -0.1) is 0 Å². The van der Waals surface area contributed by atoms with Crippen LogP contribution in [0.25, 0.3) is 0 Å². The molecule has 19 heavy (non-hydrogen) atoms. The van der Waals surface area contributed by atoms with E-state index in [-0.39, 0.29) is 5.41 Å². The Bertz CT molecular complexity index is 478. The van der Waals surface area contributed by atoms with Gasteiger partial charge in [0.2, 0.25) is 0 Å². The van der Waals surface area contributed by atoms with Crippen LogP contribution in [0.3, 0.4) is 0 Å². The first kappa shape index (κ1) is 13.0. The highest BCUT2D eigenvalue weighted by Gasteiger charge is 2.52. The normalized spacial score (nSPS) is 19.6. The summed E-state index contributed by atoms with van der Waals surface area (Å²) in [5.41, 5.74) is 3.63. The van der Waals surface area contributed by atoms with Crippen LogP contribution in [-0.4, -0.2) is 6.61 Å². The molecular formula is C18H26O. The zero-order valence-electron chi connectivity index (χ0n) is 12.8. The molecule has 0 unspecified atom stereocenters. The zero-order valence-corrected chi connectivity index (χ0v) is 12.8. The third-order valence-electron chi connectivity index (χ3n) is 5.84. The van der Waals surface area contributed by atoms with Gasteiger partial charge in [-0.05, 0) is 31.6 Å². The van der Waals surface area contributed by atoms with E-state index in [1.165, 1.54) is 42.6 Å². The zero-order chi connectivity index (χ0) is 13.7. The van der Waals surface area contributed by atoms with Gasteiger partial charge in [0.05, 0.1) is 6.61 Å². The van der Waals surface area contributed by atoms with Gasteiger partial charge in [-0.1, -0.05) is 45.9 Å². The van der Waals surface area contributed by atoms with E-state index in [1.807, 2.05) is 0 Å². The first-order chi connectivity index (χ1) is 9.09. The standard InChI is InChI=1S/C18H26O/c1-5-18(6-2,13(3)4)15-9-7-8-14-16(15)19-12-17(14)10-11-17/h7-9,13H,5-6,10-12H2,1-4H3. The topological polar surface area (TPSA) is 9.23 Å². The van der Waals surface area contributed by atoms with Crippen molar-refractivity contribution in [2.24, 2.45) is 5.92 Å². The minimum atomic E-state index is 0.270. The molecule has 0 aromatic heterocycles.